The Labute approximate surface area is 129 Å². The Hall–Kier alpha value is -1.81. The highest BCUT2D eigenvalue weighted by atomic mass is 35.5. The molecule has 2 rings (SSSR count). The first-order chi connectivity index (χ1) is 10.2. The Bertz CT molecular complexity index is 625. The lowest BCUT2D eigenvalue weighted by atomic mass is 10.1. The molecule has 0 aliphatic carbocycles. The van der Waals surface area contributed by atoms with Crippen molar-refractivity contribution < 1.29 is 0 Å². The molecule has 2 aromatic rings. The van der Waals surface area contributed by atoms with Crippen molar-refractivity contribution in [2.75, 3.05) is 11.9 Å². The molecule has 0 saturated carbocycles. The molecule has 1 N–H and O–H groups in total. The second-order valence-electron chi connectivity index (χ2n) is 4.92. The highest BCUT2D eigenvalue weighted by Gasteiger charge is 2.08. The predicted molar refractivity (Wildman–Crippen MR) is 87.1 cm³/mol. The minimum atomic E-state index is -0.227. The summed E-state index contributed by atoms with van der Waals surface area (Å²) in [5, 5.41) is 7.55. The molecule has 0 aliphatic rings. The minimum absolute atomic E-state index is 0.217. The number of benzene rings is 1. The highest BCUT2D eigenvalue weighted by Crippen LogP contribution is 2.15. The van der Waals surface area contributed by atoms with Gasteiger partial charge in [-0.3, -0.25) is 4.79 Å². The van der Waals surface area contributed by atoms with E-state index in [2.05, 4.69) is 29.5 Å². The first kappa shape index (κ1) is 15.6. The normalized spacial score (nSPS) is 10.6. The molecule has 1 aromatic heterocycles. The molecule has 21 heavy (non-hydrogen) atoms. The van der Waals surface area contributed by atoms with Gasteiger partial charge in [0, 0.05) is 13.1 Å². The molecule has 5 heteroatoms. The van der Waals surface area contributed by atoms with Crippen molar-refractivity contribution in [2.45, 2.75) is 32.7 Å². The van der Waals surface area contributed by atoms with Crippen LogP contribution in [0.15, 0.2) is 41.3 Å². The standard InChI is InChI=1S/C16H20ClN3O/c1-2-3-11-20-16(21)15(17)14(12-19-20)18-10-9-13-7-5-4-6-8-13/h4-8,12,18H,2-3,9-11H2,1H3. The fraction of sp³-hybridized carbons (Fsp3) is 0.375. The summed E-state index contributed by atoms with van der Waals surface area (Å²) < 4.78 is 1.42. The van der Waals surface area contributed by atoms with Crippen LogP contribution in [-0.4, -0.2) is 16.3 Å². The maximum atomic E-state index is 12.1. The largest absolute Gasteiger partial charge is 0.382 e. The van der Waals surface area contributed by atoms with Crippen molar-refractivity contribution >= 4 is 17.3 Å². The molecule has 0 fully saturated rings. The van der Waals surface area contributed by atoms with Crippen LogP contribution in [0, 0.1) is 0 Å². The van der Waals surface area contributed by atoms with E-state index in [1.54, 1.807) is 6.20 Å². The Morgan fingerprint density at radius 2 is 2.05 bits per heavy atom. The monoisotopic (exact) mass is 305 g/mol. The summed E-state index contributed by atoms with van der Waals surface area (Å²) in [4.78, 5) is 12.1. The highest BCUT2D eigenvalue weighted by molar-refractivity contribution is 6.32. The molecular weight excluding hydrogens is 286 g/mol. The lowest BCUT2D eigenvalue weighted by molar-refractivity contribution is 0.543. The van der Waals surface area contributed by atoms with Crippen molar-refractivity contribution in [2.24, 2.45) is 0 Å². The molecule has 0 spiro atoms. The molecule has 0 amide bonds. The van der Waals surface area contributed by atoms with Gasteiger partial charge in [-0.2, -0.15) is 5.10 Å². The summed E-state index contributed by atoms with van der Waals surface area (Å²) in [6, 6.07) is 10.2. The number of hydrogen-bond donors (Lipinski definition) is 1. The van der Waals surface area contributed by atoms with Crippen LogP contribution in [0.25, 0.3) is 0 Å². The van der Waals surface area contributed by atoms with E-state index in [0.29, 0.717) is 18.8 Å². The van der Waals surface area contributed by atoms with Gasteiger partial charge < -0.3 is 5.32 Å². The van der Waals surface area contributed by atoms with E-state index in [-0.39, 0.29) is 10.6 Å². The molecule has 4 nitrogen and oxygen atoms in total. The SMILES string of the molecule is CCCCn1ncc(NCCc2ccccc2)c(Cl)c1=O. The minimum Gasteiger partial charge on any atom is -0.382 e. The molecule has 1 aromatic carbocycles. The summed E-state index contributed by atoms with van der Waals surface area (Å²) >= 11 is 6.12. The van der Waals surface area contributed by atoms with Crippen molar-refractivity contribution in [3.05, 3.63) is 57.5 Å². The van der Waals surface area contributed by atoms with Gasteiger partial charge in [0.05, 0.1) is 11.9 Å². The van der Waals surface area contributed by atoms with Gasteiger partial charge in [-0.05, 0) is 18.4 Å². The fourth-order valence-corrected chi connectivity index (χ4v) is 2.25. The number of hydrogen-bond acceptors (Lipinski definition) is 3. The zero-order valence-corrected chi connectivity index (χ0v) is 12.9. The third kappa shape index (κ3) is 4.33. The van der Waals surface area contributed by atoms with Gasteiger partial charge >= 0.3 is 0 Å². The number of rotatable bonds is 7. The van der Waals surface area contributed by atoms with Gasteiger partial charge in [-0.15, -0.1) is 0 Å². The number of aromatic nitrogens is 2. The van der Waals surface area contributed by atoms with E-state index in [1.807, 2.05) is 18.2 Å². The van der Waals surface area contributed by atoms with Crippen molar-refractivity contribution in [1.29, 1.82) is 0 Å². The maximum absolute atomic E-state index is 12.1. The molecule has 0 saturated heterocycles. The van der Waals surface area contributed by atoms with Crippen LogP contribution >= 0.6 is 11.6 Å². The van der Waals surface area contributed by atoms with Crippen LogP contribution in [-0.2, 0) is 13.0 Å². The lowest BCUT2D eigenvalue weighted by Crippen LogP contribution is -2.24. The zero-order chi connectivity index (χ0) is 15.1. The molecule has 0 radical (unpaired) electrons. The fourth-order valence-electron chi connectivity index (χ4n) is 2.04. The van der Waals surface area contributed by atoms with Crippen LogP contribution in [0.3, 0.4) is 0 Å². The first-order valence-corrected chi connectivity index (χ1v) is 7.63. The number of aryl methyl sites for hydroxylation is 1. The van der Waals surface area contributed by atoms with Gasteiger partial charge in [-0.1, -0.05) is 55.3 Å². The summed E-state index contributed by atoms with van der Waals surface area (Å²) in [6.45, 7) is 3.40. The molecule has 0 unspecified atom stereocenters. The number of unbranched alkanes of at least 4 members (excludes halogenated alkanes) is 1. The van der Waals surface area contributed by atoms with E-state index < -0.39 is 0 Å². The molecule has 0 atom stereocenters. The van der Waals surface area contributed by atoms with Gasteiger partial charge in [0.15, 0.2) is 0 Å². The van der Waals surface area contributed by atoms with Gasteiger partial charge in [-0.25, -0.2) is 4.68 Å². The smallest absolute Gasteiger partial charge is 0.287 e. The van der Waals surface area contributed by atoms with Crippen molar-refractivity contribution in [3.63, 3.8) is 0 Å². The van der Waals surface area contributed by atoms with Crippen LogP contribution < -0.4 is 10.9 Å². The van der Waals surface area contributed by atoms with Crippen LogP contribution in [0.2, 0.25) is 5.02 Å². The molecule has 0 aliphatic heterocycles. The van der Waals surface area contributed by atoms with Crippen LogP contribution in [0.4, 0.5) is 5.69 Å². The Kier molecular flexibility index (Phi) is 5.81. The molecule has 0 bridgehead atoms. The molecular formula is C16H20ClN3O. The topological polar surface area (TPSA) is 46.9 Å². The number of halogens is 1. The zero-order valence-electron chi connectivity index (χ0n) is 12.2. The molecule has 112 valence electrons. The second-order valence-corrected chi connectivity index (χ2v) is 5.29. The number of nitrogens with one attached hydrogen (secondary N) is 1. The third-order valence-corrected chi connectivity index (χ3v) is 3.65. The van der Waals surface area contributed by atoms with E-state index in [1.165, 1.54) is 10.2 Å². The quantitative estimate of drug-likeness (QED) is 0.853. The van der Waals surface area contributed by atoms with Gasteiger partial charge in [0.2, 0.25) is 0 Å². The molecule has 1 heterocycles. The van der Waals surface area contributed by atoms with E-state index in [4.69, 9.17) is 11.6 Å². The van der Waals surface area contributed by atoms with Crippen LogP contribution in [0.1, 0.15) is 25.3 Å². The van der Waals surface area contributed by atoms with Crippen LogP contribution in [0.5, 0.6) is 0 Å². The summed E-state index contributed by atoms with van der Waals surface area (Å²) in [7, 11) is 0. The summed E-state index contributed by atoms with van der Waals surface area (Å²) in [5.41, 5.74) is 1.62. The maximum Gasteiger partial charge on any atom is 0.287 e. The average Bonchev–Trinajstić information content (AvgIpc) is 2.52. The van der Waals surface area contributed by atoms with E-state index in [9.17, 15) is 4.79 Å². The van der Waals surface area contributed by atoms with Crippen molar-refractivity contribution in [1.82, 2.24) is 9.78 Å². The van der Waals surface area contributed by atoms with Gasteiger partial charge in [0.1, 0.15) is 5.02 Å². The third-order valence-electron chi connectivity index (χ3n) is 3.28. The summed E-state index contributed by atoms with van der Waals surface area (Å²) in [5.74, 6) is 0. The Morgan fingerprint density at radius 1 is 1.29 bits per heavy atom. The number of anilines is 1. The van der Waals surface area contributed by atoms with Gasteiger partial charge in [0.25, 0.3) is 5.56 Å². The van der Waals surface area contributed by atoms with Crippen molar-refractivity contribution in [3.8, 4) is 0 Å². The lowest BCUT2D eigenvalue weighted by Gasteiger charge is -2.10. The summed E-state index contributed by atoms with van der Waals surface area (Å²) in [6.07, 6.45) is 4.44. The Morgan fingerprint density at radius 3 is 2.76 bits per heavy atom. The average molecular weight is 306 g/mol. The van der Waals surface area contributed by atoms with E-state index in [0.717, 1.165) is 19.3 Å². The number of nitrogens with zero attached hydrogens (tertiary/aromatic N) is 2. The van der Waals surface area contributed by atoms with E-state index >= 15 is 0 Å². The Balaban J connectivity index is 1.97. The predicted octanol–water partition coefficient (Wildman–Crippen LogP) is 3.35. The second kappa shape index (κ2) is 7.84. The first-order valence-electron chi connectivity index (χ1n) is 7.25.